The first-order valence-electron chi connectivity index (χ1n) is 5.51. The molecule has 0 aliphatic carbocycles. The fourth-order valence-electron chi connectivity index (χ4n) is 1.79. The van der Waals surface area contributed by atoms with Crippen molar-refractivity contribution in [2.24, 2.45) is 0 Å². The van der Waals surface area contributed by atoms with E-state index >= 15 is 0 Å². The van der Waals surface area contributed by atoms with Gasteiger partial charge in [-0.25, -0.2) is 13.2 Å². The highest BCUT2D eigenvalue weighted by atomic mass is 79.9. The van der Waals surface area contributed by atoms with E-state index in [4.69, 9.17) is 0 Å². The molecule has 0 bridgehead atoms. The third-order valence-corrected chi connectivity index (χ3v) is 4.20. The van der Waals surface area contributed by atoms with Gasteiger partial charge in [0.05, 0.1) is 0 Å². The van der Waals surface area contributed by atoms with Crippen molar-refractivity contribution < 1.29 is 13.2 Å². The molecule has 0 aliphatic rings. The van der Waals surface area contributed by atoms with E-state index in [9.17, 15) is 13.2 Å². The molecule has 0 fully saturated rings. The highest BCUT2D eigenvalue weighted by Crippen LogP contribution is 2.34. The standard InChI is InChI=1S/C14H9Br2F3/c15-10-2-1-3-12(18)14(10)11(16)6-8-4-5-9(17)7-13(8)19/h1-5,7,11H,6H2. The summed E-state index contributed by atoms with van der Waals surface area (Å²) in [5.74, 6) is -1.63. The number of hydrogen-bond donors (Lipinski definition) is 0. The van der Waals surface area contributed by atoms with Gasteiger partial charge in [-0.15, -0.1) is 0 Å². The van der Waals surface area contributed by atoms with Crippen LogP contribution in [-0.2, 0) is 6.42 Å². The molecule has 1 atom stereocenters. The van der Waals surface area contributed by atoms with Gasteiger partial charge in [0.15, 0.2) is 0 Å². The SMILES string of the molecule is Fc1ccc(CC(Br)c2c(F)cccc2Br)c(F)c1. The molecule has 0 saturated heterocycles. The molecular formula is C14H9Br2F3. The van der Waals surface area contributed by atoms with Crippen LogP contribution in [0.5, 0.6) is 0 Å². The zero-order chi connectivity index (χ0) is 14.0. The molecule has 0 spiro atoms. The van der Waals surface area contributed by atoms with E-state index in [1.54, 1.807) is 12.1 Å². The van der Waals surface area contributed by atoms with Gasteiger partial charge < -0.3 is 0 Å². The predicted octanol–water partition coefficient (Wildman–Crippen LogP) is 5.55. The van der Waals surface area contributed by atoms with Crippen LogP contribution < -0.4 is 0 Å². The highest BCUT2D eigenvalue weighted by molar-refractivity contribution is 9.11. The second kappa shape index (κ2) is 6.09. The van der Waals surface area contributed by atoms with Gasteiger partial charge in [0.1, 0.15) is 17.5 Å². The lowest BCUT2D eigenvalue weighted by molar-refractivity contribution is 0.568. The Hall–Kier alpha value is -0.810. The van der Waals surface area contributed by atoms with Gasteiger partial charge in [0, 0.05) is 20.9 Å². The van der Waals surface area contributed by atoms with E-state index in [0.29, 0.717) is 15.6 Å². The molecule has 0 aliphatic heterocycles. The van der Waals surface area contributed by atoms with Gasteiger partial charge in [-0.3, -0.25) is 0 Å². The molecule has 19 heavy (non-hydrogen) atoms. The van der Waals surface area contributed by atoms with Crippen molar-refractivity contribution in [1.82, 2.24) is 0 Å². The summed E-state index contributed by atoms with van der Waals surface area (Å²) in [7, 11) is 0. The van der Waals surface area contributed by atoms with Crippen LogP contribution in [0.1, 0.15) is 16.0 Å². The Balaban J connectivity index is 2.28. The van der Waals surface area contributed by atoms with Crippen LogP contribution in [0.3, 0.4) is 0 Å². The first-order valence-corrected chi connectivity index (χ1v) is 7.22. The summed E-state index contributed by atoms with van der Waals surface area (Å²) in [5, 5.41) is 0. The van der Waals surface area contributed by atoms with Gasteiger partial charge in [0.25, 0.3) is 0 Å². The van der Waals surface area contributed by atoms with E-state index < -0.39 is 16.5 Å². The average Bonchev–Trinajstić information content (AvgIpc) is 2.32. The van der Waals surface area contributed by atoms with Gasteiger partial charge in [-0.1, -0.05) is 44.0 Å². The van der Waals surface area contributed by atoms with E-state index in [1.807, 2.05) is 0 Å². The number of hydrogen-bond acceptors (Lipinski definition) is 0. The van der Waals surface area contributed by atoms with Crippen molar-refractivity contribution in [3.63, 3.8) is 0 Å². The Morgan fingerprint density at radius 2 is 1.74 bits per heavy atom. The van der Waals surface area contributed by atoms with E-state index in [0.717, 1.165) is 6.07 Å². The Labute approximate surface area is 125 Å². The second-order valence-electron chi connectivity index (χ2n) is 4.04. The molecule has 5 heteroatoms. The quantitative estimate of drug-likeness (QED) is 0.600. The lowest BCUT2D eigenvalue weighted by atomic mass is 10.0. The molecule has 2 rings (SSSR count). The maximum Gasteiger partial charge on any atom is 0.129 e. The van der Waals surface area contributed by atoms with Crippen LogP contribution in [0.15, 0.2) is 40.9 Å². The first-order chi connectivity index (χ1) is 8.99. The molecule has 0 saturated carbocycles. The smallest absolute Gasteiger partial charge is 0.129 e. The summed E-state index contributed by atoms with van der Waals surface area (Å²) in [4.78, 5) is -0.400. The molecule has 0 heterocycles. The summed E-state index contributed by atoms with van der Waals surface area (Å²) >= 11 is 6.61. The van der Waals surface area contributed by atoms with Gasteiger partial charge in [-0.2, -0.15) is 0 Å². The predicted molar refractivity (Wildman–Crippen MR) is 75.8 cm³/mol. The Kier molecular flexibility index (Phi) is 4.68. The normalized spacial score (nSPS) is 12.5. The molecular weight excluding hydrogens is 385 g/mol. The molecule has 100 valence electrons. The maximum absolute atomic E-state index is 13.8. The van der Waals surface area contributed by atoms with Gasteiger partial charge in [0.2, 0.25) is 0 Å². The van der Waals surface area contributed by atoms with Crippen LogP contribution in [0.4, 0.5) is 13.2 Å². The third kappa shape index (κ3) is 3.39. The summed E-state index contributed by atoms with van der Waals surface area (Å²) < 4.78 is 40.7. The Morgan fingerprint density at radius 3 is 2.37 bits per heavy atom. The molecule has 1 unspecified atom stereocenters. The van der Waals surface area contributed by atoms with Crippen LogP contribution in [0.25, 0.3) is 0 Å². The minimum absolute atomic E-state index is 0.228. The monoisotopic (exact) mass is 392 g/mol. The number of alkyl halides is 1. The minimum atomic E-state index is -0.628. The molecule has 0 N–H and O–H groups in total. The Morgan fingerprint density at radius 1 is 1.00 bits per heavy atom. The summed E-state index contributed by atoms with van der Waals surface area (Å²) in [6.45, 7) is 0. The molecule has 2 aromatic carbocycles. The number of benzene rings is 2. The second-order valence-corrected chi connectivity index (χ2v) is 6.00. The fraction of sp³-hybridized carbons (Fsp3) is 0.143. The number of rotatable bonds is 3. The van der Waals surface area contributed by atoms with E-state index in [1.165, 1.54) is 18.2 Å². The minimum Gasteiger partial charge on any atom is -0.207 e. The van der Waals surface area contributed by atoms with Crippen LogP contribution >= 0.6 is 31.9 Å². The zero-order valence-corrected chi connectivity index (χ0v) is 12.8. The average molecular weight is 394 g/mol. The lowest BCUT2D eigenvalue weighted by Crippen LogP contribution is -2.02. The molecule has 2 aromatic rings. The lowest BCUT2D eigenvalue weighted by Gasteiger charge is -2.14. The van der Waals surface area contributed by atoms with E-state index in [2.05, 4.69) is 31.9 Å². The van der Waals surface area contributed by atoms with Crippen molar-refractivity contribution in [2.75, 3.05) is 0 Å². The van der Waals surface area contributed by atoms with Crippen LogP contribution in [0.2, 0.25) is 0 Å². The molecule has 0 aromatic heterocycles. The van der Waals surface area contributed by atoms with Crippen molar-refractivity contribution in [2.45, 2.75) is 11.2 Å². The van der Waals surface area contributed by atoms with Gasteiger partial charge >= 0.3 is 0 Å². The zero-order valence-electron chi connectivity index (χ0n) is 9.64. The summed E-state index contributed by atoms with van der Waals surface area (Å²) in [5.41, 5.74) is 0.754. The van der Waals surface area contributed by atoms with Crippen LogP contribution in [-0.4, -0.2) is 0 Å². The molecule has 0 nitrogen and oxygen atoms in total. The van der Waals surface area contributed by atoms with Crippen molar-refractivity contribution >= 4 is 31.9 Å². The summed E-state index contributed by atoms with van der Waals surface area (Å²) in [6, 6.07) is 8.03. The Bertz CT molecular complexity index is 579. The first kappa shape index (κ1) is 14.6. The maximum atomic E-state index is 13.8. The fourth-order valence-corrected chi connectivity index (χ4v) is 3.53. The van der Waals surface area contributed by atoms with Gasteiger partial charge in [-0.05, 0) is 30.2 Å². The molecule has 0 radical (unpaired) electrons. The highest BCUT2D eigenvalue weighted by Gasteiger charge is 2.18. The summed E-state index contributed by atoms with van der Waals surface area (Å²) in [6.07, 6.45) is 0.228. The van der Waals surface area contributed by atoms with Crippen molar-refractivity contribution in [1.29, 1.82) is 0 Å². The van der Waals surface area contributed by atoms with Crippen molar-refractivity contribution in [3.05, 3.63) is 69.4 Å². The third-order valence-electron chi connectivity index (χ3n) is 2.73. The van der Waals surface area contributed by atoms with E-state index in [-0.39, 0.29) is 12.2 Å². The topological polar surface area (TPSA) is 0 Å². The number of halogens is 5. The largest absolute Gasteiger partial charge is 0.207 e. The van der Waals surface area contributed by atoms with Crippen molar-refractivity contribution in [3.8, 4) is 0 Å². The van der Waals surface area contributed by atoms with Crippen LogP contribution in [0, 0.1) is 17.5 Å². The molecule has 0 amide bonds.